The summed E-state index contributed by atoms with van der Waals surface area (Å²) in [5.41, 5.74) is 4.13. The molecule has 0 saturated heterocycles. The Bertz CT molecular complexity index is 1210. The topological polar surface area (TPSA) is 43.4 Å². The summed E-state index contributed by atoms with van der Waals surface area (Å²) in [5.74, 6) is 1.59. The van der Waals surface area contributed by atoms with Gasteiger partial charge in [0.25, 0.3) is 0 Å². The summed E-state index contributed by atoms with van der Waals surface area (Å²) in [7, 11) is -3.24. The van der Waals surface area contributed by atoms with E-state index in [-0.39, 0.29) is 0 Å². The number of fused-ring (bicyclic) bond motifs is 1. The van der Waals surface area contributed by atoms with E-state index < -0.39 is 9.84 Å². The molecule has 148 valence electrons. The number of sulfone groups is 1. The fraction of sp³-hybridized carbons (Fsp3) is 0.130. The molecule has 0 bridgehead atoms. The van der Waals surface area contributed by atoms with E-state index in [0.29, 0.717) is 4.90 Å². The van der Waals surface area contributed by atoms with Gasteiger partial charge in [-0.3, -0.25) is 0 Å². The SMILES string of the molecule is CSc1ccc(C2=C(c3ccc(S(C)(=O)=O)cc3)Oc3ccccc3C2)cc1Br. The average Bonchev–Trinajstić information content (AvgIpc) is 2.72. The Morgan fingerprint density at radius 1 is 0.966 bits per heavy atom. The normalized spacial score (nSPS) is 13.8. The summed E-state index contributed by atoms with van der Waals surface area (Å²) in [6, 6.07) is 21.2. The van der Waals surface area contributed by atoms with Gasteiger partial charge in [0.2, 0.25) is 0 Å². The standard InChI is InChI=1S/C23H19BrO3S2/c1-28-22-12-9-16(14-20(22)24)19-13-17-5-3-4-6-21(17)27-23(19)15-7-10-18(11-8-15)29(2,25)26/h3-12,14H,13H2,1-2H3. The zero-order chi connectivity index (χ0) is 20.6. The van der Waals surface area contributed by atoms with Gasteiger partial charge in [0.05, 0.1) is 4.90 Å². The van der Waals surface area contributed by atoms with Crippen molar-refractivity contribution in [3.63, 3.8) is 0 Å². The van der Waals surface area contributed by atoms with Crippen LogP contribution >= 0.6 is 27.7 Å². The van der Waals surface area contributed by atoms with Crippen molar-refractivity contribution in [2.45, 2.75) is 16.2 Å². The molecule has 3 aromatic carbocycles. The van der Waals surface area contributed by atoms with Crippen LogP contribution in [0.4, 0.5) is 0 Å². The summed E-state index contributed by atoms with van der Waals surface area (Å²) in [5, 5.41) is 0. The second-order valence-corrected chi connectivity index (χ2v) is 10.6. The summed E-state index contributed by atoms with van der Waals surface area (Å²) in [6.45, 7) is 0. The van der Waals surface area contributed by atoms with Gasteiger partial charge in [-0.2, -0.15) is 0 Å². The zero-order valence-corrected chi connectivity index (χ0v) is 19.2. The van der Waals surface area contributed by atoms with Crippen molar-refractivity contribution in [1.82, 2.24) is 0 Å². The molecule has 4 rings (SSSR count). The van der Waals surface area contributed by atoms with Crippen LogP contribution < -0.4 is 4.74 Å². The van der Waals surface area contributed by atoms with Crippen LogP contribution in [0, 0.1) is 0 Å². The Morgan fingerprint density at radius 2 is 1.66 bits per heavy atom. The second-order valence-electron chi connectivity index (χ2n) is 6.84. The molecule has 1 heterocycles. The highest BCUT2D eigenvalue weighted by atomic mass is 79.9. The van der Waals surface area contributed by atoms with E-state index in [0.717, 1.165) is 44.7 Å². The molecule has 0 fully saturated rings. The van der Waals surface area contributed by atoms with Crippen molar-refractivity contribution < 1.29 is 13.2 Å². The average molecular weight is 487 g/mol. The van der Waals surface area contributed by atoms with Crippen molar-refractivity contribution in [3.8, 4) is 5.75 Å². The van der Waals surface area contributed by atoms with E-state index in [2.05, 4.69) is 40.2 Å². The van der Waals surface area contributed by atoms with E-state index in [4.69, 9.17) is 4.74 Å². The summed E-state index contributed by atoms with van der Waals surface area (Å²) in [6.07, 6.45) is 4.00. The molecule has 1 aliphatic rings. The third-order valence-electron chi connectivity index (χ3n) is 4.87. The quantitative estimate of drug-likeness (QED) is 0.419. The number of ether oxygens (including phenoxy) is 1. The van der Waals surface area contributed by atoms with Crippen LogP contribution in [0.15, 0.2) is 81.0 Å². The number of hydrogen-bond donors (Lipinski definition) is 0. The van der Waals surface area contributed by atoms with Crippen LogP contribution in [-0.2, 0) is 16.3 Å². The number of thioether (sulfide) groups is 1. The third kappa shape index (κ3) is 4.15. The first-order chi connectivity index (χ1) is 13.9. The number of allylic oxidation sites excluding steroid dienone is 1. The third-order valence-corrected chi connectivity index (χ3v) is 7.71. The van der Waals surface area contributed by atoms with Crippen molar-refractivity contribution in [2.24, 2.45) is 0 Å². The molecular formula is C23H19BrO3S2. The van der Waals surface area contributed by atoms with Gasteiger partial charge in [0, 0.05) is 33.2 Å². The molecule has 1 aliphatic heterocycles. The number of hydrogen-bond acceptors (Lipinski definition) is 4. The largest absolute Gasteiger partial charge is 0.456 e. The lowest BCUT2D eigenvalue weighted by Gasteiger charge is -2.24. The highest BCUT2D eigenvalue weighted by Crippen LogP contribution is 2.40. The van der Waals surface area contributed by atoms with Crippen molar-refractivity contribution in [2.75, 3.05) is 12.5 Å². The van der Waals surface area contributed by atoms with E-state index in [9.17, 15) is 8.42 Å². The highest BCUT2D eigenvalue weighted by Gasteiger charge is 2.23. The van der Waals surface area contributed by atoms with E-state index in [1.54, 1.807) is 23.9 Å². The maximum atomic E-state index is 11.8. The summed E-state index contributed by atoms with van der Waals surface area (Å²) >= 11 is 5.35. The minimum atomic E-state index is -3.24. The van der Waals surface area contributed by atoms with Crippen LogP contribution in [0.5, 0.6) is 5.75 Å². The Kier molecular flexibility index (Phi) is 5.60. The zero-order valence-electron chi connectivity index (χ0n) is 16.0. The number of benzene rings is 3. The molecule has 0 radical (unpaired) electrons. The predicted molar refractivity (Wildman–Crippen MR) is 123 cm³/mol. The van der Waals surface area contributed by atoms with Gasteiger partial charge in [0.15, 0.2) is 9.84 Å². The lowest BCUT2D eigenvalue weighted by Crippen LogP contribution is -2.09. The molecule has 0 N–H and O–H groups in total. The Balaban J connectivity index is 1.86. The number of rotatable bonds is 4. The smallest absolute Gasteiger partial charge is 0.175 e. The Morgan fingerprint density at radius 3 is 2.31 bits per heavy atom. The first-order valence-corrected chi connectivity index (χ1v) is 12.9. The fourth-order valence-electron chi connectivity index (χ4n) is 3.37. The minimum absolute atomic E-state index is 0.298. The first kappa shape index (κ1) is 20.3. The first-order valence-electron chi connectivity index (χ1n) is 9.00. The lowest BCUT2D eigenvalue weighted by molar-refractivity contribution is 0.502. The molecule has 29 heavy (non-hydrogen) atoms. The Labute approximate surface area is 183 Å². The van der Waals surface area contributed by atoms with Gasteiger partial charge in [-0.15, -0.1) is 11.8 Å². The molecule has 0 atom stereocenters. The molecule has 0 amide bonds. The van der Waals surface area contributed by atoms with Gasteiger partial charge in [-0.1, -0.05) is 24.3 Å². The maximum Gasteiger partial charge on any atom is 0.175 e. The van der Waals surface area contributed by atoms with Crippen LogP contribution in [0.3, 0.4) is 0 Å². The van der Waals surface area contributed by atoms with Crippen LogP contribution in [0.1, 0.15) is 16.7 Å². The second kappa shape index (κ2) is 8.01. The summed E-state index contributed by atoms with van der Waals surface area (Å²) < 4.78 is 31.0. The van der Waals surface area contributed by atoms with Crippen LogP contribution in [0.25, 0.3) is 11.3 Å². The molecule has 0 unspecified atom stereocenters. The van der Waals surface area contributed by atoms with Gasteiger partial charge in [-0.05, 0) is 75.8 Å². The van der Waals surface area contributed by atoms with Gasteiger partial charge in [0.1, 0.15) is 11.5 Å². The van der Waals surface area contributed by atoms with Crippen molar-refractivity contribution in [1.29, 1.82) is 0 Å². The van der Waals surface area contributed by atoms with E-state index >= 15 is 0 Å². The van der Waals surface area contributed by atoms with Crippen LogP contribution in [-0.4, -0.2) is 20.9 Å². The van der Waals surface area contributed by atoms with Gasteiger partial charge in [-0.25, -0.2) is 8.42 Å². The number of halogens is 1. The lowest BCUT2D eigenvalue weighted by atomic mass is 9.92. The monoisotopic (exact) mass is 486 g/mol. The molecule has 0 spiro atoms. The van der Waals surface area contributed by atoms with E-state index in [1.165, 1.54) is 11.2 Å². The number of para-hydroxylation sites is 1. The molecule has 0 saturated carbocycles. The minimum Gasteiger partial charge on any atom is -0.456 e. The van der Waals surface area contributed by atoms with Gasteiger partial charge < -0.3 is 4.74 Å². The van der Waals surface area contributed by atoms with Crippen LogP contribution in [0.2, 0.25) is 0 Å². The molecule has 0 aliphatic carbocycles. The fourth-order valence-corrected chi connectivity index (χ4v) is 5.32. The highest BCUT2D eigenvalue weighted by molar-refractivity contribution is 9.10. The molecule has 3 aromatic rings. The molecule has 0 aromatic heterocycles. The van der Waals surface area contributed by atoms with Crippen molar-refractivity contribution in [3.05, 3.63) is 87.9 Å². The van der Waals surface area contributed by atoms with Gasteiger partial charge >= 0.3 is 0 Å². The molecule has 3 nitrogen and oxygen atoms in total. The predicted octanol–water partition coefficient (Wildman–Crippen LogP) is 6.08. The van der Waals surface area contributed by atoms with Crippen molar-refractivity contribution >= 4 is 48.9 Å². The summed E-state index contributed by atoms with van der Waals surface area (Å²) in [4.78, 5) is 1.47. The maximum absolute atomic E-state index is 11.8. The molecule has 6 heteroatoms. The molecular weight excluding hydrogens is 468 g/mol. The van der Waals surface area contributed by atoms with E-state index in [1.807, 2.05) is 36.6 Å². The Hall–Kier alpha value is -2.02.